The highest BCUT2D eigenvalue weighted by molar-refractivity contribution is 7.89. The van der Waals surface area contributed by atoms with Gasteiger partial charge in [0.05, 0.1) is 16.0 Å². The number of nitrogens with one attached hydrogen (secondary N) is 1. The van der Waals surface area contributed by atoms with Gasteiger partial charge in [0.1, 0.15) is 5.69 Å². The van der Waals surface area contributed by atoms with Crippen molar-refractivity contribution < 1.29 is 13.3 Å². The molecule has 0 aliphatic carbocycles. The summed E-state index contributed by atoms with van der Waals surface area (Å²) < 4.78 is 26.7. The van der Waals surface area contributed by atoms with Crippen LogP contribution in [-0.2, 0) is 10.0 Å². The van der Waals surface area contributed by atoms with Crippen LogP contribution < -0.4 is 5.43 Å². The number of nitrogens with zero attached hydrogens (tertiary/aromatic N) is 3. The lowest BCUT2D eigenvalue weighted by Crippen LogP contribution is -2.30. The van der Waals surface area contributed by atoms with E-state index in [0.717, 1.165) is 42.9 Å². The number of rotatable bonds is 13. The number of anilines is 1. The van der Waals surface area contributed by atoms with Crippen molar-refractivity contribution in [2.45, 2.75) is 51.3 Å². The van der Waals surface area contributed by atoms with Gasteiger partial charge in [-0.25, -0.2) is 8.42 Å². The molecule has 9 heteroatoms. The molecule has 0 unspecified atom stereocenters. The smallest absolute Gasteiger partial charge is 0.272 e. The fourth-order valence-corrected chi connectivity index (χ4v) is 4.81. The molecule has 2 aromatic rings. The normalized spacial score (nSPS) is 12.4. The second kappa shape index (κ2) is 12.9. The fourth-order valence-electron chi connectivity index (χ4n) is 3.33. The Morgan fingerprint density at radius 1 is 1.09 bits per heavy atom. The molecular weight excluding hydrogens is 440 g/mol. The number of sulfonamides is 1. The van der Waals surface area contributed by atoms with Gasteiger partial charge in [0.25, 0.3) is 5.69 Å². The number of nitro benzene ring substituents is 1. The summed E-state index contributed by atoms with van der Waals surface area (Å²) in [7, 11) is -3.80. The lowest BCUT2D eigenvalue weighted by atomic mass is 10.1. The molecule has 0 heterocycles. The molecule has 0 atom stereocenters. The first-order chi connectivity index (χ1) is 15.8. The molecule has 2 rings (SSSR count). The van der Waals surface area contributed by atoms with E-state index in [1.54, 1.807) is 20.1 Å². The van der Waals surface area contributed by atoms with Gasteiger partial charge >= 0.3 is 0 Å². The molecule has 0 fully saturated rings. The van der Waals surface area contributed by atoms with E-state index in [1.807, 2.05) is 36.4 Å². The van der Waals surface area contributed by atoms with Crippen LogP contribution in [0.4, 0.5) is 11.4 Å². The first-order valence-electron chi connectivity index (χ1n) is 11.2. The number of unbranched alkanes of at least 4 members (excludes halogenated alkanes) is 2. The number of hydrazone groups is 1. The number of benzene rings is 2. The van der Waals surface area contributed by atoms with Crippen LogP contribution in [0.3, 0.4) is 0 Å². The third-order valence-corrected chi connectivity index (χ3v) is 7.19. The Hall–Kier alpha value is -3.04. The van der Waals surface area contributed by atoms with E-state index in [2.05, 4.69) is 17.5 Å². The minimum absolute atomic E-state index is 0.114. The van der Waals surface area contributed by atoms with Crippen LogP contribution in [0.25, 0.3) is 6.08 Å². The highest BCUT2D eigenvalue weighted by Crippen LogP contribution is 2.29. The monoisotopic (exact) mass is 472 g/mol. The first kappa shape index (κ1) is 26.2. The Morgan fingerprint density at radius 3 is 2.39 bits per heavy atom. The van der Waals surface area contributed by atoms with Crippen molar-refractivity contribution in [3.05, 3.63) is 69.8 Å². The predicted molar refractivity (Wildman–Crippen MR) is 134 cm³/mol. The van der Waals surface area contributed by atoms with Gasteiger partial charge in [-0.1, -0.05) is 70.0 Å². The number of nitro groups is 1. The summed E-state index contributed by atoms with van der Waals surface area (Å²) in [5.41, 5.74) is 4.54. The zero-order chi connectivity index (χ0) is 24.3. The molecule has 1 N–H and O–H groups in total. The molecule has 0 aliphatic rings. The topological polar surface area (TPSA) is 105 Å². The molecule has 2 aromatic carbocycles. The van der Waals surface area contributed by atoms with Gasteiger partial charge in [-0.05, 0) is 36.1 Å². The molecule has 8 nitrogen and oxygen atoms in total. The van der Waals surface area contributed by atoms with Crippen molar-refractivity contribution in [3.63, 3.8) is 0 Å². The summed E-state index contributed by atoms with van der Waals surface area (Å²) in [6, 6.07) is 13.7. The number of hydrogen-bond acceptors (Lipinski definition) is 6. The molecule has 178 valence electrons. The summed E-state index contributed by atoms with van der Waals surface area (Å²) in [6.45, 7) is 6.15. The van der Waals surface area contributed by atoms with Crippen LogP contribution in [-0.4, -0.2) is 37.0 Å². The maximum absolute atomic E-state index is 12.7. The van der Waals surface area contributed by atoms with E-state index in [0.29, 0.717) is 0 Å². The molecule has 0 radical (unpaired) electrons. The van der Waals surface area contributed by atoms with Crippen LogP contribution in [0.2, 0.25) is 0 Å². The second-order valence-corrected chi connectivity index (χ2v) is 9.42. The standard InChI is InChI=1S/C24H32N4O4S/c1-4-7-9-14-21(17-20-12-10-8-11-13-20)19-25-26-23-16-15-22(18-24(23)28(29)30)33(31,32)27(5-2)6-3/h8,10-13,15-19,26H,4-7,9,14H2,1-3H3. The quantitative estimate of drug-likeness (QED) is 0.175. The van der Waals surface area contributed by atoms with Gasteiger partial charge in [-0.15, -0.1) is 0 Å². The van der Waals surface area contributed by atoms with Crippen LogP contribution in [0.1, 0.15) is 52.0 Å². The average molecular weight is 473 g/mol. The van der Waals surface area contributed by atoms with Gasteiger partial charge in [-0.3, -0.25) is 15.5 Å². The van der Waals surface area contributed by atoms with E-state index in [-0.39, 0.29) is 29.4 Å². The van der Waals surface area contributed by atoms with E-state index < -0.39 is 14.9 Å². The Labute approximate surface area is 196 Å². The van der Waals surface area contributed by atoms with E-state index in [9.17, 15) is 18.5 Å². The third kappa shape index (κ3) is 7.50. The van der Waals surface area contributed by atoms with Crippen LogP contribution in [0.15, 0.2) is 64.1 Å². The summed E-state index contributed by atoms with van der Waals surface area (Å²) in [6.07, 6.45) is 7.74. The number of allylic oxidation sites excluding steroid dienone is 1. The largest absolute Gasteiger partial charge is 0.295 e. The van der Waals surface area contributed by atoms with Crippen molar-refractivity contribution in [3.8, 4) is 0 Å². The minimum Gasteiger partial charge on any atom is -0.272 e. The van der Waals surface area contributed by atoms with Crippen molar-refractivity contribution in [2.24, 2.45) is 5.10 Å². The van der Waals surface area contributed by atoms with E-state index in [4.69, 9.17) is 0 Å². The Morgan fingerprint density at radius 2 is 1.79 bits per heavy atom. The summed E-state index contributed by atoms with van der Waals surface area (Å²) in [5, 5.41) is 15.8. The van der Waals surface area contributed by atoms with Crippen molar-refractivity contribution in [1.29, 1.82) is 0 Å². The molecule has 0 aromatic heterocycles. The van der Waals surface area contributed by atoms with Gasteiger partial charge < -0.3 is 0 Å². The molecule has 0 aliphatic heterocycles. The Kier molecular flexibility index (Phi) is 10.2. The van der Waals surface area contributed by atoms with Gasteiger partial charge in [0.2, 0.25) is 10.0 Å². The molecule has 0 bridgehead atoms. The maximum Gasteiger partial charge on any atom is 0.295 e. The Bertz CT molecular complexity index is 1080. The summed E-state index contributed by atoms with van der Waals surface area (Å²) >= 11 is 0. The SMILES string of the molecule is CCCCCC(C=NNc1ccc(S(=O)(=O)N(CC)CC)cc1[N+](=O)[O-])=Cc1ccccc1. The summed E-state index contributed by atoms with van der Waals surface area (Å²) in [5.74, 6) is 0. The van der Waals surface area contributed by atoms with E-state index >= 15 is 0 Å². The Balaban J connectivity index is 2.29. The highest BCUT2D eigenvalue weighted by atomic mass is 32.2. The highest BCUT2D eigenvalue weighted by Gasteiger charge is 2.25. The van der Waals surface area contributed by atoms with Crippen LogP contribution in [0.5, 0.6) is 0 Å². The zero-order valence-electron chi connectivity index (χ0n) is 19.4. The van der Waals surface area contributed by atoms with E-state index in [1.165, 1.54) is 16.4 Å². The lowest BCUT2D eigenvalue weighted by molar-refractivity contribution is -0.384. The number of hydrogen-bond donors (Lipinski definition) is 1. The van der Waals surface area contributed by atoms with Crippen LogP contribution in [0, 0.1) is 10.1 Å². The van der Waals surface area contributed by atoms with Crippen molar-refractivity contribution in [1.82, 2.24) is 4.31 Å². The molecular formula is C24H32N4O4S. The summed E-state index contributed by atoms with van der Waals surface area (Å²) in [4.78, 5) is 10.9. The maximum atomic E-state index is 12.7. The predicted octanol–water partition coefficient (Wildman–Crippen LogP) is 5.69. The molecule has 0 spiro atoms. The van der Waals surface area contributed by atoms with Gasteiger partial charge in [-0.2, -0.15) is 9.41 Å². The second-order valence-electron chi connectivity index (χ2n) is 7.48. The third-order valence-electron chi connectivity index (χ3n) is 5.15. The fraction of sp³-hybridized carbons (Fsp3) is 0.375. The van der Waals surface area contributed by atoms with Crippen molar-refractivity contribution in [2.75, 3.05) is 18.5 Å². The average Bonchev–Trinajstić information content (AvgIpc) is 2.80. The van der Waals surface area contributed by atoms with Crippen molar-refractivity contribution >= 4 is 33.7 Å². The minimum atomic E-state index is -3.80. The van der Waals surface area contributed by atoms with Gasteiger partial charge in [0.15, 0.2) is 0 Å². The molecule has 0 saturated carbocycles. The van der Waals surface area contributed by atoms with Crippen LogP contribution >= 0.6 is 0 Å². The molecule has 33 heavy (non-hydrogen) atoms. The lowest BCUT2D eigenvalue weighted by Gasteiger charge is -2.18. The van der Waals surface area contributed by atoms with Gasteiger partial charge in [0, 0.05) is 19.2 Å². The first-order valence-corrected chi connectivity index (χ1v) is 12.6. The molecule has 0 saturated heterocycles. The molecule has 0 amide bonds. The zero-order valence-corrected chi connectivity index (χ0v) is 20.2.